The molecule has 0 bridgehead atoms. The molecule has 2 aromatic rings. The topological polar surface area (TPSA) is 36.9 Å². The van der Waals surface area contributed by atoms with Crippen LogP contribution in [0.15, 0.2) is 48.5 Å². The van der Waals surface area contributed by atoms with Crippen molar-refractivity contribution in [3.05, 3.63) is 48.5 Å². The summed E-state index contributed by atoms with van der Waals surface area (Å²) in [5, 5.41) is 0. The monoisotopic (exact) mass is 285 g/mol. The summed E-state index contributed by atoms with van der Waals surface area (Å²) in [7, 11) is 1.30. The van der Waals surface area contributed by atoms with Crippen LogP contribution in [0.1, 0.15) is 13.8 Å². The van der Waals surface area contributed by atoms with E-state index in [1.807, 2.05) is 62.4 Å². The predicted octanol–water partition coefficient (Wildman–Crippen LogP) is 3.48. The minimum atomic E-state index is 0.646. The van der Waals surface area contributed by atoms with Gasteiger partial charge in [0.1, 0.15) is 23.0 Å². The van der Waals surface area contributed by atoms with Gasteiger partial charge in [-0.3, -0.25) is 0 Å². The molecular weight excluding hydrogens is 267 g/mol. The van der Waals surface area contributed by atoms with Gasteiger partial charge in [-0.1, -0.05) is 0 Å². The predicted molar refractivity (Wildman–Crippen MR) is 82.2 cm³/mol. The summed E-state index contributed by atoms with van der Waals surface area (Å²) in [5.41, 5.74) is 0. The van der Waals surface area contributed by atoms with E-state index in [4.69, 9.17) is 18.8 Å². The minimum absolute atomic E-state index is 0.646. The molecular formula is C16H18BO4. The van der Waals surface area contributed by atoms with E-state index in [9.17, 15) is 0 Å². The Bertz CT molecular complexity index is 475. The van der Waals surface area contributed by atoms with Crippen LogP contribution in [-0.2, 0) is 0 Å². The van der Waals surface area contributed by atoms with Gasteiger partial charge in [-0.2, -0.15) is 0 Å². The summed E-state index contributed by atoms with van der Waals surface area (Å²) < 4.78 is 21.5. The van der Waals surface area contributed by atoms with Gasteiger partial charge in [0.15, 0.2) is 0 Å². The van der Waals surface area contributed by atoms with Crippen molar-refractivity contribution in [3.8, 4) is 23.0 Å². The normalized spacial score (nSPS) is 9.81. The van der Waals surface area contributed by atoms with Crippen molar-refractivity contribution < 1.29 is 18.8 Å². The molecule has 0 spiro atoms. The highest BCUT2D eigenvalue weighted by Crippen LogP contribution is 2.19. The van der Waals surface area contributed by atoms with Crippen LogP contribution in [0.25, 0.3) is 0 Å². The second-order valence-corrected chi connectivity index (χ2v) is 4.14. The van der Waals surface area contributed by atoms with Crippen molar-refractivity contribution in [2.75, 3.05) is 13.2 Å². The second-order valence-electron chi connectivity index (χ2n) is 4.14. The number of hydrogen-bond acceptors (Lipinski definition) is 4. The molecule has 0 aliphatic rings. The maximum atomic E-state index is 5.39. The van der Waals surface area contributed by atoms with E-state index in [2.05, 4.69) is 0 Å². The molecule has 0 heterocycles. The minimum Gasteiger partial charge on any atom is -0.526 e. The van der Waals surface area contributed by atoms with Crippen LogP contribution >= 0.6 is 0 Å². The van der Waals surface area contributed by atoms with Crippen LogP contribution in [0.2, 0.25) is 0 Å². The summed E-state index contributed by atoms with van der Waals surface area (Å²) in [4.78, 5) is 0. The van der Waals surface area contributed by atoms with Gasteiger partial charge < -0.3 is 18.8 Å². The molecule has 4 nitrogen and oxygen atoms in total. The van der Waals surface area contributed by atoms with Crippen LogP contribution in [0, 0.1) is 0 Å². The number of hydrogen-bond donors (Lipinski definition) is 0. The van der Waals surface area contributed by atoms with E-state index in [1.165, 1.54) is 7.69 Å². The molecule has 1 radical (unpaired) electrons. The summed E-state index contributed by atoms with van der Waals surface area (Å²) >= 11 is 0. The molecule has 0 aliphatic heterocycles. The molecule has 0 aliphatic carbocycles. The summed E-state index contributed by atoms with van der Waals surface area (Å²) in [6.45, 7) is 5.19. The molecule has 0 fully saturated rings. The van der Waals surface area contributed by atoms with E-state index in [0.29, 0.717) is 24.7 Å². The van der Waals surface area contributed by atoms with E-state index in [-0.39, 0.29) is 0 Å². The lowest BCUT2D eigenvalue weighted by Gasteiger charge is -2.08. The lowest BCUT2D eigenvalue weighted by Crippen LogP contribution is -2.10. The van der Waals surface area contributed by atoms with Gasteiger partial charge in [0, 0.05) is 0 Å². The van der Waals surface area contributed by atoms with Gasteiger partial charge in [-0.25, -0.2) is 0 Å². The molecule has 0 saturated carbocycles. The molecule has 2 rings (SSSR count). The highest BCUT2D eigenvalue weighted by atomic mass is 16.6. The van der Waals surface area contributed by atoms with Crippen molar-refractivity contribution in [3.63, 3.8) is 0 Å². The van der Waals surface area contributed by atoms with Gasteiger partial charge in [-0.15, -0.1) is 0 Å². The molecule has 0 unspecified atom stereocenters. The zero-order valence-electron chi connectivity index (χ0n) is 12.2. The Kier molecular flexibility index (Phi) is 5.82. The van der Waals surface area contributed by atoms with Crippen LogP contribution in [0.3, 0.4) is 0 Å². The summed E-state index contributed by atoms with van der Waals surface area (Å²) in [5.74, 6) is 3.00. The maximum absolute atomic E-state index is 5.39. The molecule has 21 heavy (non-hydrogen) atoms. The van der Waals surface area contributed by atoms with Crippen molar-refractivity contribution in [1.29, 1.82) is 0 Å². The van der Waals surface area contributed by atoms with Crippen LogP contribution in [0.5, 0.6) is 23.0 Å². The Morgan fingerprint density at radius 3 is 1.29 bits per heavy atom. The van der Waals surface area contributed by atoms with Gasteiger partial charge in [0.25, 0.3) is 0 Å². The van der Waals surface area contributed by atoms with Gasteiger partial charge in [0.2, 0.25) is 0 Å². The van der Waals surface area contributed by atoms with Crippen LogP contribution in [0.4, 0.5) is 0 Å². The largest absolute Gasteiger partial charge is 0.658 e. The summed E-state index contributed by atoms with van der Waals surface area (Å²) in [6, 6.07) is 14.7. The molecule has 0 N–H and O–H groups in total. The van der Waals surface area contributed by atoms with Crippen LogP contribution in [-0.4, -0.2) is 20.9 Å². The third kappa shape index (κ3) is 4.95. The fourth-order valence-electron chi connectivity index (χ4n) is 1.70. The number of ether oxygens (including phenoxy) is 2. The standard InChI is InChI=1S/C16H18BO4/c1-3-18-13-5-9-15(10-6-13)20-17-21-16-11-7-14(8-12-16)19-4-2/h5-12H,3-4H2,1-2H3. The number of rotatable bonds is 8. The van der Waals surface area contributed by atoms with Gasteiger partial charge >= 0.3 is 7.69 Å². The van der Waals surface area contributed by atoms with Crippen molar-refractivity contribution in [2.45, 2.75) is 13.8 Å². The van der Waals surface area contributed by atoms with E-state index >= 15 is 0 Å². The molecule has 0 amide bonds. The first-order valence-corrected chi connectivity index (χ1v) is 6.92. The molecule has 0 atom stereocenters. The fourth-order valence-corrected chi connectivity index (χ4v) is 1.70. The second kappa shape index (κ2) is 8.09. The third-order valence-electron chi connectivity index (χ3n) is 2.64. The average molecular weight is 285 g/mol. The smallest absolute Gasteiger partial charge is 0.526 e. The molecule has 5 heteroatoms. The maximum Gasteiger partial charge on any atom is 0.658 e. The lowest BCUT2D eigenvalue weighted by atomic mass is 10.3. The molecule has 2 aromatic carbocycles. The van der Waals surface area contributed by atoms with Gasteiger partial charge in [-0.05, 0) is 62.4 Å². The first-order chi connectivity index (χ1) is 10.3. The quantitative estimate of drug-likeness (QED) is 0.696. The van der Waals surface area contributed by atoms with Crippen molar-refractivity contribution in [2.24, 2.45) is 0 Å². The van der Waals surface area contributed by atoms with E-state index < -0.39 is 0 Å². The first kappa shape index (κ1) is 15.1. The highest BCUT2D eigenvalue weighted by Gasteiger charge is 2.02. The Morgan fingerprint density at radius 2 is 0.952 bits per heavy atom. The summed E-state index contributed by atoms with van der Waals surface area (Å²) in [6.07, 6.45) is 0. The Balaban J connectivity index is 1.78. The Hall–Kier alpha value is -2.30. The highest BCUT2D eigenvalue weighted by molar-refractivity contribution is 6.20. The van der Waals surface area contributed by atoms with E-state index in [1.54, 1.807) is 0 Å². The van der Waals surface area contributed by atoms with Gasteiger partial charge in [0.05, 0.1) is 13.2 Å². The zero-order chi connectivity index (χ0) is 14.9. The number of benzene rings is 2. The zero-order valence-corrected chi connectivity index (χ0v) is 12.2. The Labute approximate surface area is 125 Å². The lowest BCUT2D eigenvalue weighted by molar-refractivity contribution is 0.339. The van der Waals surface area contributed by atoms with E-state index in [0.717, 1.165) is 11.5 Å². The molecule has 0 aromatic heterocycles. The van der Waals surface area contributed by atoms with Crippen LogP contribution < -0.4 is 18.8 Å². The van der Waals surface area contributed by atoms with Crippen molar-refractivity contribution in [1.82, 2.24) is 0 Å². The Morgan fingerprint density at radius 1 is 0.619 bits per heavy atom. The first-order valence-electron chi connectivity index (χ1n) is 6.92. The average Bonchev–Trinajstić information content (AvgIpc) is 2.51. The SMILES string of the molecule is CCOc1ccc(O[B]Oc2ccc(OCC)cc2)cc1. The fraction of sp³-hybridized carbons (Fsp3) is 0.250. The molecule has 109 valence electrons. The molecule has 0 saturated heterocycles. The third-order valence-corrected chi connectivity index (χ3v) is 2.64. The van der Waals surface area contributed by atoms with Crippen molar-refractivity contribution >= 4 is 7.69 Å².